The Hall–Kier alpha value is -2.00. The molecule has 0 aliphatic carbocycles. The lowest BCUT2D eigenvalue weighted by Gasteiger charge is -2.05. The molecule has 0 amide bonds. The number of rotatable bonds is 4. The summed E-state index contributed by atoms with van der Waals surface area (Å²) in [6.45, 7) is 0. The molecule has 2 aromatic carbocycles. The molecule has 0 heterocycles. The Balaban J connectivity index is 2.06. The van der Waals surface area contributed by atoms with E-state index in [1.165, 1.54) is 0 Å². The molecular formula is C15H13ClO3. The van der Waals surface area contributed by atoms with Gasteiger partial charge in [-0.1, -0.05) is 12.1 Å². The van der Waals surface area contributed by atoms with Gasteiger partial charge in [-0.15, -0.1) is 11.6 Å². The topological polar surface area (TPSA) is 35.5 Å². The smallest absolute Gasteiger partial charge is 0.343 e. The van der Waals surface area contributed by atoms with E-state index < -0.39 is 5.97 Å². The normalized spacial score (nSPS) is 10.0. The van der Waals surface area contributed by atoms with Crippen LogP contribution in [0.4, 0.5) is 0 Å². The number of hydrogen-bond acceptors (Lipinski definition) is 3. The van der Waals surface area contributed by atoms with Gasteiger partial charge in [-0.05, 0) is 42.0 Å². The number of esters is 1. The Labute approximate surface area is 116 Å². The standard InChI is InChI=1S/C15H13ClO3/c1-18-13-6-8-14(9-7-13)19-15(17)12-4-2-11(10-16)3-5-12/h2-9H,10H2,1H3. The van der Waals surface area contributed by atoms with Crippen LogP contribution in [0.15, 0.2) is 48.5 Å². The van der Waals surface area contributed by atoms with Crippen molar-refractivity contribution in [1.82, 2.24) is 0 Å². The van der Waals surface area contributed by atoms with Gasteiger partial charge in [-0.3, -0.25) is 0 Å². The predicted molar refractivity (Wildman–Crippen MR) is 74.0 cm³/mol. The van der Waals surface area contributed by atoms with Gasteiger partial charge in [0.2, 0.25) is 0 Å². The van der Waals surface area contributed by atoms with Gasteiger partial charge in [0, 0.05) is 5.88 Å². The summed E-state index contributed by atoms with van der Waals surface area (Å²) in [7, 11) is 1.58. The molecule has 0 aliphatic heterocycles. The van der Waals surface area contributed by atoms with Crippen LogP contribution in [0.3, 0.4) is 0 Å². The van der Waals surface area contributed by atoms with Crippen molar-refractivity contribution in [2.75, 3.05) is 7.11 Å². The molecule has 98 valence electrons. The van der Waals surface area contributed by atoms with E-state index in [1.807, 2.05) is 0 Å². The first kappa shape index (κ1) is 13.4. The number of carbonyl (C=O) groups is 1. The van der Waals surface area contributed by atoms with Gasteiger partial charge in [0.25, 0.3) is 0 Å². The largest absolute Gasteiger partial charge is 0.497 e. The molecule has 0 bridgehead atoms. The summed E-state index contributed by atoms with van der Waals surface area (Å²) < 4.78 is 10.3. The molecule has 0 aliphatic rings. The zero-order valence-electron chi connectivity index (χ0n) is 10.4. The third kappa shape index (κ3) is 3.48. The zero-order chi connectivity index (χ0) is 13.7. The van der Waals surface area contributed by atoms with E-state index in [0.717, 1.165) is 5.56 Å². The summed E-state index contributed by atoms with van der Waals surface area (Å²) in [5.74, 6) is 1.22. The van der Waals surface area contributed by atoms with Crippen molar-refractivity contribution in [3.05, 3.63) is 59.7 Å². The van der Waals surface area contributed by atoms with Crippen LogP contribution >= 0.6 is 11.6 Å². The average molecular weight is 277 g/mol. The molecule has 0 saturated heterocycles. The zero-order valence-corrected chi connectivity index (χ0v) is 11.2. The van der Waals surface area contributed by atoms with Crippen molar-refractivity contribution in [1.29, 1.82) is 0 Å². The first-order valence-electron chi connectivity index (χ1n) is 5.74. The van der Waals surface area contributed by atoms with E-state index >= 15 is 0 Å². The fourth-order valence-electron chi connectivity index (χ4n) is 1.54. The lowest BCUT2D eigenvalue weighted by Crippen LogP contribution is -2.08. The SMILES string of the molecule is COc1ccc(OC(=O)c2ccc(CCl)cc2)cc1. The van der Waals surface area contributed by atoms with Gasteiger partial charge >= 0.3 is 5.97 Å². The lowest BCUT2D eigenvalue weighted by molar-refractivity contribution is 0.0734. The highest BCUT2D eigenvalue weighted by Gasteiger charge is 2.08. The Morgan fingerprint density at radius 2 is 1.58 bits per heavy atom. The maximum atomic E-state index is 11.9. The van der Waals surface area contributed by atoms with Crippen LogP contribution in [0.25, 0.3) is 0 Å². The fraction of sp³-hybridized carbons (Fsp3) is 0.133. The van der Waals surface area contributed by atoms with Crippen molar-refractivity contribution >= 4 is 17.6 Å². The summed E-state index contributed by atoms with van der Waals surface area (Å²) in [5, 5.41) is 0. The summed E-state index contributed by atoms with van der Waals surface area (Å²) in [4.78, 5) is 11.9. The van der Waals surface area contributed by atoms with Crippen LogP contribution in [0, 0.1) is 0 Å². The van der Waals surface area contributed by atoms with E-state index in [2.05, 4.69) is 0 Å². The lowest BCUT2D eigenvalue weighted by atomic mass is 10.1. The average Bonchev–Trinajstić information content (AvgIpc) is 2.48. The number of ether oxygens (including phenoxy) is 2. The van der Waals surface area contributed by atoms with Crippen LogP contribution in [0.1, 0.15) is 15.9 Å². The van der Waals surface area contributed by atoms with Gasteiger partial charge in [0.05, 0.1) is 12.7 Å². The molecule has 0 unspecified atom stereocenters. The highest BCUT2D eigenvalue weighted by molar-refractivity contribution is 6.17. The molecule has 19 heavy (non-hydrogen) atoms. The Kier molecular flexibility index (Phi) is 4.42. The molecular weight excluding hydrogens is 264 g/mol. The first-order valence-corrected chi connectivity index (χ1v) is 6.27. The van der Waals surface area contributed by atoms with E-state index in [1.54, 1.807) is 55.6 Å². The van der Waals surface area contributed by atoms with E-state index in [9.17, 15) is 4.79 Å². The quantitative estimate of drug-likeness (QED) is 0.486. The van der Waals surface area contributed by atoms with Crippen molar-refractivity contribution < 1.29 is 14.3 Å². The van der Waals surface area contributed by atoms with Crippen LogP contribution in [0.5, 0.6) is 11.5 Å². The van der Waals surface area contributed by atoms with Crippen LogP contribution in [-0.4, -0.2) is 13.1 Å². The second-order valence-corrected chi connectivity index (χ2v) is 4.16. The van der Waals surface area contributed by atoms with Gasteiger partial charge < -0.3 is 9.47 Å². The first-order chi connectivity index (χ1) is 9.22. The summed E-state index contributed by atoms with van der Waals surface area (Å²) in [5.41, 5.74) is 1.45. The number of benzene rings is 2. The highest BCUT2D eigenvalue weighted by Crippen LogP contribution is 2.18. The van der Waals surface area contributed by atoms with Gasteiger partial charge in [0.1, 0.15) is 11.5 Å². The van der Waals surface area contributed by atoms with E-state index in [0.29, 0.717) is 22.9 Å². The predicted octanol–water partition coefficient (Wildman–Crippen LogP) is 3.65. The summed E-state index contributed by atoms with van der Waals surface area (Å²) in [6, 6.07) is 13.8. The fourth-order valence-corrected chi connectivity index (χ4v) is 1.72. The number of halogens is 1. The minimum absolute atomic E-state index is 0.397. The van der Waals surface area contributed by atoms with Gasteiger partial charge in [-0.25, -0.2) is 4.79 Å². The second-order valence-electron chi connectivity index (χ2n) is 3.90. The molecule has 2 aromatic rings. The number of hydrogen-bond donors (Lipinski definition) is 0. The number of methoxy groups -OCH3 is 1. The Morgan fingerprint density at radius 3 is 2.11 bits per heavy atom. The molecule has 0 radical (unpaired) electrons. The third-order valence-corrected chi connectivity index (χ3v) is 2.92. The molecule has 0 fully saturated rings. The third-order valence-electron chi connectivity index (χ3n) is 2.61. The van der Waals surface area contributed by atoms with E-state index in [4.69, 9.17) is 21.1 Å². The molecule has 4 heteroatoms. The maximum Gasteiger partial charge on any atom is 0.343 e. The molecule has 0 atom stereocenters. The molecule has 0 N–H and O–H groups in total. The van der Waals surface area contributed by atoms with Gasteiger partial charge in [0.15, 0.2) is 0 Å². The maximum absolute atomic E-state index is 11.9. The summed E-state index contributed by atoms with van der Waals surface area (Å²) >= 11 is 5.69. The Bertz CT molecular complexity index is 547. The molecule has 0 saturated carbocycles. The summed E-state index contributed by atoms with van der Waals surface area (Å²) in [6.07, 6.45) is 0. The van der Waals surface area contributed by atoms with Crippen molar-refractivity contribution in [3.63, 3.8) is 0 Å². The van der Waals surface area contributed by atoms with Gasteiger partial charge in [-0.2, -0.15) is 0 Å². The highest BCUT2D eigenvalue weighted by atomic mass is 35.5. The molecule has 0 spiro atoms. The van der Waals surface area contributed by atoms with Crippen molar-refractivity contribution in [2.24, 2.45) is 0 Å². The minimum Gasteiger partial charge on any atom is -0.497 e. The minimum atomic E-state index is -0.397. The van der Waals surface area contributed by atoms with Crippen LogP contribution in [-0.2, 0) is 5.88 Å². The Morgan fingerprint density at radius 1 is 1.00 bits per heavy atom. The van der Waals surface area contributed by atoms with E-state index in [-0.39, 0.29) is 0 Å². The second kappa shape index (κ2) is 6.25. The molecule has 3 nitrogen and oxygen atoms in total. The monoisotopic (exact) mass is 276 g/mol. The van der Waals surface area contributed by atoms with Crippen molar-refractivity contribution in [3.8, 4) is 11.5 Å². The molecule has 2 rings (SSSR count). The van der Waals surface area contributed by atoms with Crippen LogP contribution in [0.2, 0.25) is 0 Å². The van der Waals surface area contributed by atoms with Crippen molar-refractivity contribution in [2.45, 2.75) is 5.88 Å². The molecule has 0 aromatic heterocycles. The number of alkyl halides is 1. The van der Waals surface area contributed by atoms with Crippen LogP contribution < -0.4 is 9.47 Å². The number of carbonyl (C=O) groups excluding carboxylic acids is 1.